The molecule has 0 unspecified atom stereocenters. The molecule has 0 bridgehead atoms. The number of fused-ring (bicyclic) bond motifs is 2. The average Bonchev–Trinajstić information content (AvgIpc) is 3.42. The zero-order valence-corrected chi connectivity index (χ0v) is 15.4. The third-order valence-corrected chi connectivity index (χ3v) is 5.36. The number of hydrogen-bond acceptors (Lipinski definition) is 5. The minimum Gasteiger partial charge on any atom is -0.464 e. The van der Waals surface area contributed by atoms with Gasteiger partial charge in [0, 0.05) is 30.7 Å². The predicted molar refractivity (Wildman–Crippen MR) is 108 cm³/mol. The first-order chi connectivity index (χ1) is 13.6. The molecule has 0 atom stereocenters. The van der Waals surface area contributed by atoms with Crippen molar-refractivity contribution in [3.8, 4) is 6.07 Å². The monoisotopic (exact) mass is 370 g/mol. The maximum Gasteiger partial charge on any atom is 0.252 e. The smallest absolute Gasteiger partial charge is 0.252 e. The van der Waals surface area contributed by atoms with Crippen molar-refractivity contribution in [1.82, 2.24) is 9.55 Å². The van der Waals surface area contributed by atoms with E-state index in [0.29, 0.717) is 22.6 Å². The van der Waals surface area contributed by atoms with Crippen LogP contribution in [-0.2, 0) is 7.05 Å². The average molecular weight is 370 g/mol. The first kappa shape index (κ1) is 16.6. The van der Waals surface area contributed by atoms with Crippen LogP contribution in [0.25, 0.3) is 22.0 Å². The second-order valence-corrected chi connectivity index (χ2v) is 7.30. The van der Waals surface area contributed by atoms with Gasteiger partial charge in [0.1, 0.15) is 22.9 Å². The third kappa shape index (κ3) is 2.72. The Labute approximate surface area is 161 Å². The number of aromatic nitrogens is 2. The summed E-state index contributed by atoms with van der Waals surface area (Å²) in [4.78, 5) is 19.3. The van der Waals surface area contributed by atoms with Gasteiger partial charge in [-0.2, -0.15) is 5.26 Å². The molecule has 28 heavy (non-hydrogen) atoms. The highest BCUT2D eigenvalue weighted by atomic mass is 16.3. The van der Waals surface area contributed by atoms with Gasteiger partial charge in [0.05, 0.1) is 17.5 Å². The maximum atomic E-state index is 12.6. The van der Waals surface area contributed by atoms with Crippen molar-refractivity contribution >= 4 is 33.4 Å². The molecule has 0 spiro atoms. The van der Waals surface area contributed by atoms with Gasteiger partial charge >= 0.3 is 0 Å². The highest BCUT2D eigenvalue weighted by Gasteiger charge is 2.27. The van der Waals surface area contributed by atoms with Gasteiger partial charge in [-0.15, -0.1) is 0 Å². The van der Waals surface area contributed by atoms with Gasteiger partial charge in [-0.05, 0) is 55.2 Å². The molecular formula is C22H18N4O2. The Kier molecular flexibility index (Phi) is 3.69. The van der Waals surface area contributed by atoms with E-state index in [9.17, 15) is 10.1 Å². The van der Waals surface area contributed by atoms with Gasteiger partial charge in [0.25, 0.3) is 5.56 Å². The van der Waals surface area contributed by atoms with Crippen LogP contribution < -0.4 is 10.5 Å². The second kappa shape index (κ2) is 6.24. The van der Waals surface area contributed by atoms with E-state index in [1.54, 1.807) is 36.1 Å². The molecule has 5 rings (SSSR count). The van der Waals surface area contributed by atoms with Crippen LogP contribution in [-0.4, -0.2) is 16.1 Å². The molecular weight excluding hydrogens is 352 g/mol. The fraction of sp³-hybridized carbons (Fsp3) is 0.227. The lowest BCUT2D eigenvalue weighted by molar-refractivity contribution is 0.616. The summed E-state index contributed by atoms with van der Waals surface area (Å²) in [6, 6.07) is 15.1. The molecule has 0 amide bonds. The number of rotatable bonds is 4. The van der Waals surface area contributed by atoms with Crippen LogP contribution in [0.15, 0.2) is 57.9 Å². The Morgan fingerprint density at radius 1 is 1.25 bits per heavy atom. The number of furan rings is 1. The van der Waals surface area contributed by atoms with Crippen LogP contribution in [0.2, 0.25) is 0 Å². The largest absolute Gasteiger partial charge is 0.464 e. The van der Waals surface area contributed by atoms with E-state index in [2.05, 4.69) is 22.0 Å². The summed E-state index contributed by atoms with van der Waals surface area (Å²) >= 11 is 0. The van der Waals surface area contributed by atoms with Crippen LogP contribution >= 0.6 is 0 Å². The Bertz CT molecular complexity index is 1310. The molecule has 0 aliphatic heterocycles. The number of anilines is 2. The lowest BCUT2D eigenvalue weighted by Gasteiger charge is -2.26. The van der Waals surface area contributed by atoms with Crippen molar-refractivity contribution in [3.05, 3.63) is 64.8 Å². The van der Waals surface area contributed by atoms with Gasteiger partial charge in [-0.3, -0.25) is 4.79 Å². The highest BCUT2D eigenvalue weighted by Crippen LogP contribution is 2.38. The van der Waals surface area contributed by atoms with Crippen molar-refractivity contribution < 1.29 is 4.42 Å². The normalized spacial score (nSPS) is 13.7. The minimum atomic E-state index is -0.0980. The van der Waals surface area contributed by atoms with E-state index in [1.165, 1.54) is 12.8 Å². The number of hydrogen-bond donors (Lipinski definition) is 0. The third-order valence-electron chi connectivity index (χ3n) is 5.36. The molecule has 1 aliphatic carbocycles. The quantitative estimate of drug-likeness (QED) is 0.541. The summed E-state index contributed by atoms with van der Waals surface area (Å²) in [6.07, 6.45) is 4.04. The molecule has 3 aromatic heterocycles. The van der Waals surface area contributed by atoms with Crippen molar-refractivity contribution in [1.29, 1.82) is 5.26 Å². The summed E-state index contributed by atoms with van der Waals surface area (Å²) in [6.45, 7) is 0.810. The lowest BCUT2D eigenvalue weighted by atomic mass is 10.1. The van der Waals surface area contributed by atoms with Crippen LogP contribution in [0.5, 0.6) is 0 Å². The van der Waals surface area contributed by atoms with Crippen molar-refractivity contribution in [2.75, 3.05) is 11.4 Å². The summed E-state index contributed by atoms with van der Waals surface area (Å²) in [5, 5.41) is 10.3. The van der Waals surface area contributed by atoms with Gasteiger partial charge in [-0.25, -0.2) is 4.98 Å². The van der Waals surface area contributed by atoms with Crippen LogP contribution in [0.3, 0.4) is 0 Å². The van der Waals surface area contributed by atoms with E-state index in [1.807, 2.05) is 18.2 Å². The Morgan fingerprint density at radius 3 is 2.89 bits per heavy atom. The topological polar surface area (TPSA) is 75.1 Å². The molecule has 0 radical (unpaired) electrons. The van der Waals surface area contributed by atoms with E-state index in [-0.39, 0.29) is 5.56 Å². The molecule has 0 saturated heterocycles. The van der Waals surface area contributed by atoms with E-state index >= 15 is 0 Å². The number of aryl methyl sites for hydroxylation is 1. The number of nitriles is 1. The predicted octanol–water partition coefficient (Wildman–Crippen LogP) is 4.10. The number of nitrogens with zero attached hydrogens (tertiary/aromatic N) is 4. The van der Waals surface area contributed by atoms with E-state index in [4.69, 9.17) is 4.42 Å². The summed E-state index contributed by atoms with van der Waals surface area (Å²) in [5.74, 6) is 0.596. The molecule has 6 heteroatoms. The van der Waals surface area contributed by atoms with Crippen LogP contribution in [0, 0.1) is 17.2 Å². The molecule has 3 heterocycles. The minimum absolute atomic E-state index is 0.0980. The van der Waals surface area contributed by atoms with Crippen molar-refractivity contribution in [2.45, 2.75) is 12.8 Å². The molecule has 1 aliphatic rings. The van der Waals surface area contributed by atoms with Crippen molar-refractivity contribution in [2.24, 2.45) is 13.0 Å². The zero-order valence-electron chi connectivity index (χ0n) is 15.4. The highest BCUT2D eigenvalue weighted by molar-refractivity contribution is 5.92. The number of pyridine rings is 2. The van der Waals surface area contributed by atoms with Gasteiger partial charge < -0.3 is 13.9 Å². The molecule has 4 aromatic rings. The van der Waals surface area contributed by atoms with E-state index < -0.39 is 0 Å². The molecule has 1 fully saturated rings. The summed E-state index contributed by atoms with van der Waals surface area (Å²) in [5.41, 5.74) is 4.17. The number of benzene rings is 1. The first-order valence-electron chi connectivity index (χ1n) is 9.30. The van der Waals surface area contributed by atoms with Crippen LogP contribution in [0.4, 0.5) is 11.4 Å². The second-order valence-electron chi connectivity index (χ2n) is 7.30. The Hall–Kier alpha value is -3.59. The molecule has 0 N–H and O–H groups in total. The molecule has 138 valence electrons. The van der Waals surface area contributed by atoms with Crippen molar-refractivity contribution in [3.63, 3.8) is 0 Å². The van der Waals surface area contributed by atoms with Gasteiger partial charge in [0.2, 0.25) is 0 Å². The molecule has 1 aromatic carbocycles. The van der Waals surface area contributed by atoms with Gasteiger partial charge in [0.15, 0.2) is 0 Å². The summed E-state index contributed by atoms with van der Waals surface area (Å²) < 4.78 is 7.04. The standard InChI is InChI=1S/C22H18N4O2/c1-25-18-6-4-16(12-23)24-22(18)19(11-21(25)27)26(13-14-2-3-14)17-5-7-20-15(10-17)8-9-28-20/h4-11,14H,2-3,13H2,1H3. The van der Waals surface area contributed by atoms with E-state index in [0.717, 1.165) is 28.9 Å². The molecule has 1 saturated carbocycles. The maximum absolute atomic E-state index is 12.6. The Balaban J connectivity index is 1.76. The fourth-order valence-corrected chi connectivity index (χ4v) is 3.60. The van der Waals surface area contributed by atoms with Gasteiger partial charge in [-0.1, -0.05) is 0 Å². The first-order valence-corrected chi connectivity index (χ1v) is 9.30. The lowest BCUT2D eigenvalue weighted by Crippen LogP contribution is -2.25. The SMILES string of the molecule is Cn1c(=O)cc(N(CC2CC2)c2ccc3occc3c2)c2nc(C#N)ccc21. The van der Waals surface area contributed by atoms with Crippen LogP contribution in [0.1, 0.15) is 18.5 Å². The summed E-state index contributed by atoms with van der Waals surface area (Å²) in [7, 11) is 1.73. The zero-order chi connectivity index (χ0) is 19.3. The fourth-order valence-electron chi connectivity index (χ4n) is 3.60. The Morgan fingerprint density at radius 2 is 2.11 bits per heavy atom. The molecule has 6 nitrogen and oxygen atoms in total.